The van der Waals surface area contributed by atoms with E-state index in [4.69, 9.17) is 16.3 Å². The highest BCUT2D eigenvalue weighted by atomic mass is 79.9. The Labute approximate surface area is 190 Å². The van der Waals surface area contributed by atoms with Crippen LogP contribution in [-0.2, 0) is 14.8 Å². The van der Waals surface area contributed by atoms with E-state index < -0.39 is 10.0 Å². The van der Waals surface area contributed by atoms with Crippen LogP contribution in [0.15, 0.2) is 39.7 Å². The number of ether oxygens (including phenoxy) is 1. The summed E-state index contributed by atoms with van der Waals surface area (Å²) in [5, 5.41) is 2.97. The highest BCUT2D eigenvalue weighted by Crippen LogP contribution is 2.29. The average Bonchev–Trinajstić information content (AvgIpc) is 3.15. The Kier molecular flexibility index (Phi) is 7.44. The molecule has 0 radical (unpaired) electrons. The van der Waals surface area contributed by atoms with Gasteiger partial charge in [0.1, 0.15) is 5.75 Å². The summed E-state index contributed by atoms with van der Waals surface area (Å²) < 4.78 is 34.2. The summed E-state index contributed by atoms with van der Waals surface area (Å²) in [6, 6.07) is 8.04. The van der Waals surface area contributed by atoms with Gasteiger partial charge in [0.15, 0.2) is 6.61 Å². The fourth-order valence-corrected chi connectivity index (χ4v) is 5.84. The van der Waals surface area contributed by atoms with Gasteiger partial charge in [-0.05, 0) is 68.1 Å². The van der Waals surface area contributed by atoms with Gasteiger partial charge in [-0.3, -0.25) is 4.79 Å². The Hall–Kier alpha value is -1.61. The van der Waals surface area contributed by atoms with Crippen molar-refractivity contribution >= 4 is 49.1 Å². The third-order valence-corrected chi connectivity index (χ3v) is 7.28. The fraction of sp³-hybridized carbons (Fsp3) is 0.381. The predicted molar refractivity (Wildman–Crippen MR) is 122 cm³/mol. The number of carbonyl (C=O) groups excluding carboxylic acids is 1. The van der Waals surface area contributed by atoms with Crippen LogP contribution in [0.3, 0.4) is 0 Å². The Morgan fingerprint density at radius 1 is 1.17 bits per heavy atom. The highest BCUT2D eigenvalue weighted by molar-refractivity contribution is 9.10. The molecule has 0 aromatic heterocycles. The molecule has 1 amide bonds. The van der Waals surface area contributed by atoms with Gasteiger partial charge in [-0.2, -0.15) is 0 Å². The van der Waals surface area contributed by atoms with Crippen molar-refractivity contribution in [2.75, 3.05) is 11.9 Å². The lowest BCUT2D eigenvalue weighted by Gasteiger charge is -2.15. The van der Waals surface area contributed by atoms with Crippen molar-refractivity contribution < 1.29 is 17.9 Å². The van der Waals surface area contributed by atoms with Crippen LogP contribution in [-0.4, -0.2) is 27.0 Å². The van der Waals surface area contributed by atoms with E-state index >= 15 is 0 Å². The summed E-state index contributed by atoms with van der Waals surface area (Å²) >= 11 is 9.64. The molecular weight excluding hydrogens is 492 g/mol. The first kappa shape index (κ1) is 23.1. The fourth-order valence-electron chi connectivity index (χ4n) is 3.52. The molecule has 2 aromatic rings. The number of hydrogen-bond donors (Lipinski definition) is 2. The maximum atomic E-state index is 12.5. The van der Waals surface area contributed by atoms with Crippen LogP contribution in [0.5, 0.6) is 5.75 Å². The Morgan fingerprint density at radius 3 is 2.40 bits per heavy atom. The zero-order chi connectivity index (χ0) is 21.9. The molecule has 1 aliphatic carbocycles. The number of carbonyl (C=O) groups is 1. The number of sulfonamides is 1. The number of rotatable bonds is 7. The Bertz CT molecular complexity index is 1030. The van der Waals surface area contributed by atoms with Crippen LogP contribution in [0, 0.1) is 13.8 Å². The van der Waals surface area contributed by atoms with E-state index in [-0.39, 0.29) is 34.2 Å². The first-order chi connectivity index (χ1) is 14.2. The number of hydrogen-bond acceptors (Lipinski definition) is 4. The molecule has 0 spiro atoms. The van der Waals surface area contributed by atoms with Crippen LogP contribution < -0.4 is 14.8 Å². The van der Waals surface area contributed by atoms with Crippen molar-refractivity contribution in [3.63, 3.8) is 0 Å². The number of amides is 1. The zero-order valence-electron chi connectivity index (χ0n) is 16.8. The monoisotopic (exact) mass is 514 g/mol. The molecule has 1 saturated carbocycles. The normalized spacial score (nSPS) is 14.7. The molecule has 0 bridgehead atoms. The number of halogens is 2. The molecular formula is C21H24BrClN2O4S. The van der Waals surface area contributed by atoms with E-state index in [9.17, 15) is 13.2 Å². The second kappa shape index (κ2) is 9.68. The summed E-state index contributed by atoms with van der Waals surface area (Å²) in [5.41, 5.74) is 2.59. The molecule has 3 rings (SSSR count). The molecule has 2 aromatic carbocycles. The molecule has 0 aliphatic heterocycles. The maximum absolute atomic E-state index is 12.5. The minimum absolute atomic E-state index is 0.0288. The molecule has 6 nitrogen and oxygen atoms in total. The molecule has 162 valence electrons. The summed E-state index contributed by atoms with van der Waals surface area (Å²) in [7, 11) is -3.64. The quantitative estimate of drug-likeness (QED) is 0.546. The third-order valence-electron chi connectivity index (χ3n) is 5.01. The topological polar surface area (TPSA) is 84.5 Å². The first-order valence-corrected chi connectivity index (χ1v) is 12.3. The van der Waals surface area contributed by atoms with Gasteiger partial charge in [-0.25, -0.2) is 13.1 Å². The summed E-state index contributed by atoms with van der Waals surface area (Å²) in [6.45, 7) is 3.56. The Morgan fingerprint density at radius 2 is 1.80 bits per heavy atom. The van der Waals surface area contributed by atoms with Crippen LogP contribution in [0.1, 0.15) is 36.8 Å². The molecule has 2 N–H and O–H groups in total. The lowest BCUT2D eigenvalue weighted by molar-refractivity contribution is -0.118. The zero-order valence-corrected chi connectivity index (χ0v) is 20.0. The SMILES string of the molecule is Cc1cc(Br)cc(C)c1NC(=O)COc1ccc(S(=O)(=O)NC2CCCC2)cc1Cl. The van der Waals surface area contributed by atoms with Crippen molar-refractivity contribution in [2.24, 2.45) is 0 Å². The van der Waals surface area contributed by atoms with Gasteiger partial charge in [0, 0.05) is 16.2 Å². The number of benzene rings is 2. The second-order valence-corrected chi connectivity index (χ2v) is 10.5. The number of nitrogens with one attached hydrogen (secondary N) is 2. The molecule has 1 fully saturated rings. The minimum atomic E-state index is -3.64. The smallest absolute Gasteiger partial charge is 0.262 e. The predicted octanol–water partition coefficient (Wildman–Crippen LogP) is 4.96. The van der Waals surface area contributed by atoms with E-state index in [0.717, 1.165) is 47.0 Å². The third kappa shape index (κ3) is 5.75. The summed E-state index contributed by atoms with van der Waals surface area (Å²) in [5.74, 6) is -0.0879. The second-order valence-electron chi connectivity index (χ2n) is 7.45. The number of aryl methyl sites for hydroxylation is 2. The molecule has 0 unspecified atom stereocenters. The van der Waals surface area contributed by atoms with Gasteiger partial charge in [-0.15, -0.1) is 0 Å². The maximum Gasteiger partial charge on any atom is 0.262 e. The molecule has 9 heteroatoms. The summed E-state index contributed by atoms with van der Waals surface area (Å²) in [4.78, 5) is 12.4. The van der Waals surface area contributed by atoms with Crippen LogP contribution in [0.25, 0.3) is 0 Å². The molecule has 0 saturated heterocycles. The molecule has 30 heavy (non-hydrogen) atoms. The van der Waals surface area contributed by atoms with Crippen molar-refractivity contribution in [2.45, 2.75) is 50.5 Å². The van der Waals surface area contributed by atoms with Crippen molar-refractivity contribution in [1.29, 1.82) is 0 Å². The highest BCUT2D eigenvalue weighted by Gasteiger charge is 2.23. The van der Waals surface area contributed by atoms with Gasteiger partial charge in [-0.1, -0.05) is 40.4 Å². The molecule has 1 aliphatic rings. The number of anilines is 1. The van der Waals surface area contributed by atoms with E-state index in [2.05, 4.69) is 26.0 Å². The largest absolute Gasteiger partial charge is 0.482 e. The molecule has 0 heterocycles. The van der Waals surface area contributed by atoms with Gasteiger partial charge in [0.25, 0.3) is 5.91 Å². The average molecular weight is 516 g/mol. The summed E-state index contributed by atoms with van der Waals surface area (Å²) in [6.07, 6.45) is 3.76. The van der Waals surface area contributed by atoms with E-state index in [1.807, 2.05) is 26.0 Å². The van der Waals surface area contributed by atoms with Crippen molar-refractivity contribution in [3.8, 4) is 5.75 Å². The van der Waals surface area contributed by atoms with E-state index in [0.29, 0.717) is 0 Å². The minimum Gasteiger partial charge on any atom is -0.482 e. The van der Waals surface area contributed by atoms with Gasteiger partial charge < -0.3 is 10.1 Å². The van der Waals surface area contributed by atoms with Crippen LogP contribution >= 0.6 is 27.5 Å². The van der Waals surface area contributed by atoms with Gasteiger partial charge in [0.2, 0.25) is 10.0 Å². The van der Waals surface area contributed by atoms with Crippen molar-refractivity contribution in [1.82, 2.24) is 4.72 Å². The first-order valence-electron chi connectivity index (χ1n) is 9.67. The standard InChI is InChI=1S/C21H24BrClN2O4S/c1-13-9-15(22)10-14(2)21(13)24-20(26)12-29-19-8-7-17(11-18(19)23)30(27,28)25-16-5-3-4-6-16/h7-11,16,25H,3-6,12H2,1-2H3,(H,24,26). The van der Waals surface area contributed by atoms with E-state index in [1.54, 1.807) is 0 Å². The van der Waals surface area contributed by atoms with Gasteiger partial charge in [0.05, 0.1) is 9.92 Å². The lowest BCUT2D eigenvalue weighted by Crippen LogP contribution is -2.32. The molecule has 0 atom stereocenters. The Balaban J connectivity index is 1.63. The van der Waals surface area contributed by atoms with Crippen LogP contribution in [0.4, 0.5) is 5.69 Å². The lowest BCUT2D eigenvalue weighted by atomic mass is 10.1. The van der Waals surface area contributed by atoms with E-state index in [1.165, 1.54) is 18.2 Å². The van der Waals surface area contributed by atoms with Crippen molar-refractivity contribution in [3.05, 3.63) is 51.0 Å². The van der Waals surface area contributed by atoms with Gasteiger partial charge >= 0.3 is 0 Å². The van der Waals surface area contributed by atoms with Crippen LogP contribution in [0.2, 0.25) is 5.02 Å².